The van der Waals surface area contributed by atoms with E-state index in [2.05, 4.69) is 10.0 Å². The average molecular weight is 342 g/mol. The molecule has 2 aromatic carbocycles. The first-order chi connectivity index (χ1) is 11.6. The summed E-state index contributed by atoms with van der Waals surface area (Å²) in [5.74, 6) is -0.182. The van der Waals surface area contributed by atoms with Crippen LogP contribution >= 0.6 is 0 Å². The molecule has 0 fully saturated rings. The number of sulfonamides is 1. The van der Waals surface area contributed by atoms with Gasteiger partial charge in [0.25, 0.3) is 15.9 Å². The quantitative estimate of drug-likeness (QED) is 0.873. The summed E-state index contributed by atoms with van der Waals surface area (Å²) in [5, 5.41) is 2.79. The lowest BCUT2D eigenvalue weighted by atomic mass is 10.2. The lowest BCUT2D eigenvalue weighted by Crippen LogP contribution is -2.17. The summed E-state index contributed by atoms with van der Waals surface area (Å²) < 4.78 is 27.5. The molecule has 0 radical (unpaired) electrons. The smallest absolute Gasteiger partial charge is 0.261 e. The van der Waals surface area contributed by atoms with Gasteiger partial charge in [-0.3, -0.25) is 9.52 Å². The van der Waals surface area contributed by atoms with Crippen molar-refractivity contribution in [1.82, 2.24) is 0 Å². The fourth-order valence-corrected chi connectivity index (χ4v) is 3.66. The molecule has 0 saturated carbocycles. The van der Waals surface area contributed by atoms with Gasteiger partial charge in [-0.25, -0.2) is 8.42 Å². The molecular weight excluding hydrogens is 324 g/mol. The molecule has 2 N–H and O–H groups in total. The van der Waals surface area contributed by atoms with Crippen molar-refractivity contribution in [2.45, 2.75) is 24.2 Å². The van der Waals surface area contributed by atoms with Gasteiger partial charge < -0.3 is 5.32 Å². The van der Waals surface area contributed by atoms with Crippen LogP contribution in [0, 0.1) is 0 Å². The van der Waals surface area contributed by atoms with Crippen molar-refractivity contribution in [2.75, 3.05) is 10.0 Å². The lowest BCUT2D eigenvalue weighted by molar-refractivity contribution is -0.112. The Balaban J connectivity index is 1.83. The summed E-state index contributed by atoms with van der Waals surface area (Å²) >= 11 is 0. The second-order valence-electron chi connectivity index (χ2n) is 5.54. The molecule has 24 heavy (non-hydrogen) atoms. The Labute approximate surface area is 141 Å². The minimum atomic E-state index is -3.71. The van der Waals surface area contributed by atoms with E-state index in [0.717, 1.165) is 24.8 Å². The van der Waals surface area contributed by atoms with Gasteiger partial charge in [-0.05, 0) is 43.5 Å². The second kappa shape index (κ2) is 6.88. The Morgan fingerprint density at radius 2 is 1.58 bits per heavy atom. The SMILES string of the molecule is O=C(Nc1ccccc1NS(=O)(=O)c1ccccc1)C1=CCCC1. The Bertz CT molecular complexity index is 874. The van der Waals surface area contributed by atoms with Gasteiger partial charge in [-0.15, -0.1) is 0 Å². The zero-order chi connectivity index (χ0) is 17.0. The van der Waals surface area contributed by atoms with E-state index in [4.69, 9.17) is 0 Å². The number of para-hydroxylation sites is 2. The number of carbonyl (C=O) groups is 1. The number of rotatable bonds is 5. The maximum atomic E-state index is 12.5. The van der Waals surface area contributed by atoms with Crippen molar-refractivity contribution >= 4 is 27.3 Å². The first-order valence-electron chi connectivity index (χ1n) is 7.73. The molecule has 0 aliphatic heterocycles. The molecule has 0 bridgehead atoms. The van der Waals surface area contributed by atoms with Crippen molar-refractivity contribution in [1.29, 1.82) is 0 Å². The Hall–Kier alpha value is -2.60. The fourth-order valence-electron chi connectivity index (χ4n) is 2.56. The van der Waals surface area contributed by atoms with Gasteiger partial charge in [0.15, 0.2) is 0 Å². The molecule has 5 nitrogen and oxygen atoms in total. The molecule has 124 valence electrons. The molecule has 0 saturated heterocycles. The Kier molecular flexibility index (Phi) is 4.66. The predicted octanol–water partition coefficient (Wildman–Crippen LogP) is 3.54. The van der Waals surface area contributed by atoms with Crippen LogP contribution in [0.2, 0.25) is 0 Å². The van der Waals surface area contributed by atoms with Gasteiger partial charge in [-0.1, -0.05) is 36.4 Å². The summed E-state index contributed by atoms with van der Waals surface area (Å²) in [6.07, 6.45) is 4.56. The Morgan fingerprint density at radius 1 is 0.917 bits per heavy atom. The number of hydrogen-bond acceptors (Lipinski definition) is 3. The number of carbonyl (C=O) groups excluding carboxylic acids is 1. The van der Waals surface area contributed by atoms with Crippen molar-refractivity contribution in [3.8, 4) is 0 Å². The summed E-state index contributed by atoms with van der Waals surface area (Å²) in [7, 11) is -3.71. The summed E-state index contributed by atoms with van der Waals surface area (Å²) in [5.41, 5.74) is 1.53. The van der Waals surface area contributed by atoms with E-state index in [1.54, 1.807) is 42.5 Å². The highest BCUT2D eigenvalue weighted by atomic mass is 32.2. The number of nitrogens with one attached hydrogen (secondary N) is 2. The minimum absolute atomic E-state index is 0.171. The molecular formula is C18H18N2O3S. The normalized spacial score (nSPS) is 14.1. The summed E-state index contributed by atoms with van der Waals surface area (Å²) in [6.45, 7) is 0. The topological polar surface area (TPSA) is 75.3 Å². The number of hydrogen-bond donors (Lipinski definition) is 2. The maximum absolute atomic E-state index is 12.5. The monoisotopic (exact) mass is 342 g/mol. The summed E-state index contributed by atoms with van der Waals surface area (Å²) in [4.78, 5) is 12.4. The number of benzene rings is 2. The van der Waals surface area contributed by atoms with Crippen LogP contribution in [0.25, 0.3) is 0 Å². The van der Waals surface area contributed by atoms with Crippen molar-refractivity contribution in [3.63, 3.8) is 0 Å². The standard InChI is InChI=1S/C18H18N2O3S/c21-18(14-8-4-5-9-14)19-16-12-6-7-13-17(16)20-24(22,23)15-10-2-1-3-11-15/h1-3,6-8,10-13,20H,4-5,9H2,(H,19,21). The molecule has 6 heteroatoms. The highest BCUT2D eigenvalue weighted by molar-refractivity contribution is 7.92. The third-order valence-corrected chi connectivity index (χ3v) is 5.19. The van der Waals surface area contributed by atoms with E-state index in [1.165, 1.54) is 12.1 Å². The largest absolute Gasteiger partial charge is 0.320 e. The first kappa shape index (κ1) is 16.3. The Morgan fingerprint density at radius 3 is 2.25 bits per heavy atom. The molecule has 0 heterocycles. The van der Waals surface area contributed by atoms with Gasteiger partial charge in [0.05, 0.1) is 16.3 Å². The van der Waals surface area contributed by atoms with Gasteiger partial charge in [0.2, 0.25) is 0 Å². The second-order valence-corrected chi connectivity index (χ2v) is 7.22. The van der Waals surface area contributed by atoms with Crippen LogP contribution < -0.4 is 10.0 Å². The van der Waals surface area contributed by atoms with E-state index in [0.29, 0.717) is 11.4 Å². The predicted molar refractivity (Wildman–Crippen MR) is 94.3 cm³/mol. The number of amides is 1. The third-order valence-electron chi connectivity index (χ3n) is 3.81. The molecule has 3 rings (SSSR count). The minimum Gasteiger partial charge on any atom is -0.320 e. The van der Waals surface area contributed by atoms with Gasteiger partial charge in [0, 0.05) is 5.57 Å². The zero-order valence-corrected chi connectivity index (χ0v) is 13.8. The third kappa shape index (κ3) is 3.65. The molecule has 0 spiro atoms. The van der Waals surface area contributed by atoms with Crippen LogP contribution in [0.15, 0.2) is 71.1 Å². The van der Waals surface area contributed by atoms with Crippen LogP contribution in [0.5, 0.6) is 0 Å². The fraction of sp³-hybridized carbons (Fsp3) is 0.167. The van der Waals surface area contributed by atoms with E-state index in [1.807, 2.05) is 6.08 Å². The zero-order valence-electron chi connectivity index (χ0n) is 13.0. The molecule has 0 atom stereocenters. The molecule has 0 aromatic heterocycles. The van der Waals surface area contributed by atoms with E-state index in [9.17, 15) is 13.2 Å². The molecule has 0 unspecified atom stereocenters. The molecule has 1 aliphatic carbocycles. The number of allylic oxidation sites excluding steroid dienone is 1. The first-order valence-corrected chi connectivity index (χ1v) is 9.22. The number of anilines is 2. The van der Waals surface area contributed by atoms with Crippen LogP contribution in [-0.4, -0.2) is 14.3 Å². The highest BCUT2D eigenvalue weighted by Crippen LogP contribution is 2.26. The van der Waals surface area contributed by atoms with Gasteiger partial charge in [0.1, 0.15) is 0 Å². The van der Waals surface area contributed by atoms with Crippen molar-refractivity contribution < 1.29 is 13.2 Å². The lowest BCUT2D eigenvalue weighted by Gasteiger charge is -2.14. The van der Waals surface area contributed by atoms with E-state index in [-0.39, 0.29) is 10.8 Å². The average Bonchev–Trinajstić information content (AvgIpc) is 3.12. The van der Waals surface area contributed by atoms with Gasteiger partial charge >= 0.3 is 0 Å². The molecule has 1 amide bonds. The van der Waals surface area contributed by atoms with Crippen LogP contribution in [-0.2, 0) is 14.8 Å². The van der Waals surface area contributed by atoms with Gasteiger partial charge in [-0.2, -0.15) is 0 Å². The highest BCUT2D eigenvalue weighted by Gasteiger charge is 2.18. The summed E-state index contributed by atoms with van der Waals surface area (Å²) in [6, 6.07) is 14.9. The van der Waals surface area contributed by atoms with Crippen LogP contribution in [0.4, 0.5) is 11.4 Å². The molecule has 2 aromatic rings. The van der Waals surface area contributed by atoms with Crippen LogP contribution in [0.3, 0.4) is 0 Å². The molecule has 1 aliphatic rings. The maximum Gasteiger partial charge on any atom is 0.261 e. The van der Waals surface area contributed by atoms with Crippen LogP contribution in [0.1, 0.15) is 19.3 Å². The van der Waals surface area contributed by atoms with Crippen molar-refractivity contribution in [3.05, 3.63) is 66.2 Å². The van der Waals surface area contributed by atoms with E-state index >= 15 is 0 Å². The van der Waals surface area contributed by atoms with Crippen molar-refractivity contribution in [2.24, 2.45) is 0 Å². The van der Waals surface area contributed by atoms with E-state index < -0.39 is 10.0 Å².